The molecule has 0 amide bonds. The van der Waals surface area contributed by atoms with Gasteiger partial charge in [-0.25, -0.2) is 9.78 Å². The number of rotatable bonds is 5. The average molecular weight is 256 g/mol. The van der Waals surface area contributed by atoms with Crippen LogP contribution in [0.15, 0.2) is 0 Å². The van der Waals surface area contributed by atoms with Crippen LogP contribution in [-0.4, -0.2) is 28.8 Å². The number of aromatic nitrogens is 1. The molecule has 94 valence electrons. The van der Waals surface area contributed by atoms with Crippen molar-refractivity contribution in [3.8, 4) is 0 Å². The SMILES string of the molecule is CCOC1CC(Cc2nc(C(=O)O)c(N)s2)C1. The molecule has 0 spiro atoms. The van der Waals surface area contributed by atoms with Crippen molar-refractivity contribution in [3.63, 3.8) is 0 Å². The van der Waals surface area contributed by atoms with Crippen molar-refractivity contribution in [2.24, 2.45) is 5.92 Å². The van der Waals surface area contributed by atoms with Gasteiger partial charge in [0.05, 0.1) is 11.1 Å². The Labute approximate surface area is 104 Å². The molecule has 0 bridgehead atoms. The van der Waals surface area contributed by atoms with Crippen LogP contribution in [-0.2, 0) is 11.2 Å². The first-order valence-electron chi connectivity index (χ1n) is 5.70. The molecule has 1 heterocycles. The molecule has 1 saturated carbocycles. The molecule has 1 aliphatic rings. The normalized spacial score (nSPS) is 23.4. The summed E-state index contributed by atoms with van der Waals surface area (Å²) in [6.07, 6.45) is 3.26. The second-order valence-corrected chi connectivity index (χ2v) is 5.36. The molecular weight excluding hydrogens is 240 g/mol. The Balaban J connectivity index is 1.88. The topological polar surface area (TPSA) is 85.4 Å². The van der Waals surface area contributed by atoms with Crippen LogP contribution < -0.4 is 5.73 Å². The van der Waals surface area contributed by atoms with Crippen molar-refractivity contribution in [1.29, 1.82) is 0 Å². The summed E-state index contributed by atoms with van der Waals surface area (Å²) >= 11 is 1.28. The smallest absolute Gasteiger partial charge is 0.357 e. The molecule has 0 unspecified atom stereocenters. The van der Waals surface area contributed by atoms with Gasteiger partial charge in [0.2, 0.25) is 0 Å². The number of hydrogen-bond donors (Lipinski definition) is 2. The van der Waals surface area contributed by atoms with E-state index in [0.29, 0.717) is 17.0 Å². The van der Waals surface area contributed by atoms with Crippen LogP contribution in [0.4, 0.5) is 5.00 Å². The van der Waals surface area contributed by atoms with Crippen LogP contribution in [0.5, 0.6) is 0 Å². The lowest BCUT2D eigenvalue weighted by atomic mass is 9.80. The number of aromatic carboxylic acids is 1. The van der Waals surface area contributed by atoms with Gasteiger partial charge in [0.1, 0.15) is 5.00 Å². The molecule has 1 fully saturated rings. The van der Waals surface area contributed by atoms with Gasteiger partial charge in [0.25, 0.3) is 0 Å². The molecule has 0 atom stereocenters. The molecule has 5 nitrogen and oxygen atoms in total. The number of nitrogen functional groups attached to an aromatic ring is 1. The van der Waals surface area contributed by atoms with E-state index in [0.717, 1.165) is 30.9 Å². The molecule has 1 aromatic heterocycles. The Hall–Kier alpha value is -1.14. The lowest BCUT2D eigenvalue weighted by Crippen LogP contribution is -2.32. The fraction of sp³-hybridized carbons (Fsp3) is 0.636. The van der Waals surface area contributed by atoms with Gasteiger partial charge in [-0.3, -0.25) is 0 Å². The highest BCUT2D eigenvalue weighted by molar-refractivity contribution is 7.15. The van der Waals surface area contributed by atoms with E-state index in [9.17, 15) is 4.79 Å². The number of anilines is 1. The highest BCUT2D eigenvalue weighted by atomic mass is 32.1. The summed E-state index contributed by atoms with van der Waals surface area (Å²) in [5.74, 6) is -0.496. The van der Waals surface area contributed by atoms with Crippen LogP contribution in [0.3, 0.4) is 0 Å². The molecular formula is C11H16N2O3S. The van der Waals surface area contributed by atoms with Crippen LogP contribution in [0.2, 0.25) is 0 Å². The van der Waals surface area contributed by atoms with Crippen LogP contribution in [0.1, 0.15) is 35.3 Å². The average Bonchev–Trinajstić information content (AvgIpc) is 2.56. The maximum atomic E-state index is 10.8. The number of carbonyl (C=O) groups is 1. The largest absolute Gasteiger partial charge is 0.476 e. The third kappa shape index (κ3) is 2.76. The monoisotopic (exact) mass is 256 g/mol. The maximum Gasteiger partial charge on any atom is 0.357 e. The van der Waals surface area contributed by atoms with Gasteiger partial charge in [0, 0.05) is 13.0 Å². The van der Waals surface area contributed by atoms with Crippen molar-refractivity contribution < 1.29 is 14.6 Å². The van der Waals surface area contributed by atoms with E-state index in [2.05, 4.69) is 4.98 Å². The Morgan fingerprint density at radius 2 is 2.35 bits per heavy atom. The second kappa shape index (κ2) is 5.01. The number of carboxylic acid groups (broad SMARTS) is 1. The molecule has 3 N–H and O–H groups in total. The van der Waals surface area contributed by atoms with E-state index in [4.69, 9.17) is 15.6 Å². The van der Waals surface area contributed by atoms with Gasteiger partial charge in [-0.2, -0.15) is 0 Å². The minimum absolute atomic E-state index is 0.00863. The van der Waals surface area contributed by atoms with E-state index in [1.165, 1.54) is 11.3 Å². The molecule has 0 saturated heterocycles. The van der Waals surface area contributed by atoms with Gasteiger partial charge in [-0.15, -0.1) is 11.3 Å². The Bertz CT molecular complexity index is 413. The van der Waals surface area contributed by atoms with Crippen LogP contribution in [0, 0.1) is 5.92 Å². The number of thiazole rings is 1. The molecule has 2 rings (SSSR count). The van der Waals surface area contributed by atoms with Crippen molar-refractivity contribution in [3.05, 3.63) is 10.7 Å². The zero-order valence-corrected chi connectivity index (χ0v) is 10.5. The Morgan fingerprint density at radius 1 is 1.65 bits per heavy atom. The predicted molar refractivity (Wildman–Crippen MR) is 65.3 cm³/mol. The molecule has 1 aliphatic carbocycles. The first-order valence-corrected chi connectivity index (χ1v) is 6.51. The summed E-state index contributed by atoms with van der Waals surface area (Å²) in [7, 11) is 0. The molecule has 6 heteroatoms. The third-order valence-electron chi connectivity index (χ3n) is 2.96. The summed E-state index contributed by atoms with van der Waals surface area (Å²) in [5, 5.41) is 9.96. The summed E-state index contributed by atoms with van der Waals surface area (Å²) < 4.78 is 5.48. The quantitative estimate of drug-likeness (QED) is 0.838. The summed E-state index contributed by atoms with van der Waals surface area (Å²) in [6, 6.07) is 0. The molecule has 0 radical (unpaired) electrons. The summed E-state index contributed by atoms with van der Waals surface area (Å²) in [5.41, 5.74) is 5.59. The zero-order chi connectivity index (χ0) is 12.4. The third-order valence-corrected chi connectivity index (χ3v) is 3.87. The van der Waals surface area contributed by atoms with Crippen LogP contribution >= 0.6 is 11.3 Å². The fourth-order valence-corrected chi connectivity index (χ4v) is 3.02. The van der Waals surface area contributed by atoms with Crippen LogP contribution in [0.25, 0.3) is 0 Å². The summed E-state index contributed by atoms with van der Waals surface area (Å²) in [4.78, 5) is 14.8. The van der Waals surface area contributed by atoms with Crippen molar-refractivity contribution in [2.75, 3.05) is 12.3 Å². The number of hydrogen-bond acceptors (Lipinski definition) is 5. The maximum absolute atomic E-state index is 10.8. The van der Waals surface area contributed by atoms with E-state index >= 15 is 0 Å². The van der Waals surface area contributed by atoms with E-state index in [1.54, 1.807) is 0 Å². The van der Waals surface area contributed by atoms with Gasteiger partial charge < -0.3 is 15.6 Å². The van der Waals surface area contributed by atoms with Gasteiger partial charge >= 0.3 is 5.97 Å². The zero-order valence-electron chi connectivity index (χ0n) is 9.68. The first kappa shape index (κ1) is 12.3. The van der Waals surface area contributed by atoms with E-state index < -0.39 is 5.97 Å². The predicted octanol–water partition coefficient (Wildman–Crippen LogP) is 1.78. The lowest BCUT2D eigenvalue weighted by Gasteiger charge is -2.34. The molecule has 1 aromatic rings. The number of nitrogens with two attached hydrogens (primary N) is 1. The molecule has 0 aromatic carbocycles. The van der Waals surface area contributed by atoms with E-state index in [1.807, 2.05) is 6.92 Å². The summed E-state index contributed by atoms with van der Waals surface area (Å²) in [6.45, 7) is 2.75. The lowest BCUT2D eigenvalue weighted by molar-refractivity contribution is -0.0240. The molecule has 17 heavy (non-hydrogen) atoms. The van der Waals surface area contributed by atoms with Crippen molar-refractivity contribution in [1.82, 2.24) is 4.98 Å². The Morgan fingerprint density at radius 3 is 2.88 bits per heavy atom. The van der Waals surface area contributed by atoms with Crippen molar-refractivity contribution in [2.45, 2.75) is 32.3 Å². The van der Waals surface area contributed by atoms with Gasteiger partial charge in [0.15, 0.2) is 5.69 Å². The van der Waals surface area contributed by atoms with Gasteiger partial charge in [-0.05, 0) is 25.7 Å². The number of nitrogens with zero attached hydrogens (tertiary/aromatic N) is 1. The molecule has 0 aliphatic heterocycles. The number of ether oxygens (including phenoxy) is 1. The minimum atomic E-state index is -1.05. The first-order chi connectivity index (χ1) is 8.10. The van der Waals surface area contributed by atoms with Gasteiger partial charge in [-0.1, -0.05) is 0 Å². The number of carboxylic acids is 1. The fourth-order valence-electron chi connectivity index (χ4n) is 2.08. The highest BCUT2D eigenvalue weighted by Gasteiger charge is 2.30. The standard InChI is InChI=1S/C11H16N2O3S/c1-2-16-7-3-6(4-7)5-8-13-9(11(14)15)10(12)17-8/h6-7H,2-5,12H2,1H3,(H,14,15). The van der Waals surface area contributed by atoms with Crippen molar-refractivity contribution >= 4 is 22.3 Å². The second-order valence-electron chi connectivity index (χ2n) is 4.24. The minimum Gasteiger partial charge on any atom is -0.476 e. The Kier molecular flexibility index (Phi) is 3.63. The van der Waals surface area contributed by atoms with E-state index in [-0.39, 0.29) is 5.69 Å². The highest BCUT2D eigenvalue weighted by Crippen LogP contribution is 2.34.